The molecule has 1 fully saturated rings. The molecule has 2 aromatic heterocycles. The van der Waals surface area contributed by atoms with Gasteiger partial charge in [0.15, 0.2) is 0 Å². The van der Waals surface area contributed by atoms with Crippen molar-refractivity contribution in [3.63, 3.8) is 0 Å². The molecule has 0 spiro atoms. The van der Waals surface area contributed by atoms with Crippen LogP contribution in [-0.2, 0) is 17.9 Å². The van der Waals surface area contributed by atoms with Crippen molar-refractivity contribution in [3.8, 4) is 0 Å². The van der Waals surface area contributed by atoms with E-state index in [0.717, 1.165) is 25.0 Å². The summed E-state index contributed by atoms with van der Waals surface area (Å²) in [6.45, 7) is 1.23. The molecular formula is C20H23N7O2. The largest absolute Gasteiger partial charge is 0.337 e. The molecule has 0 radical (unpaired) electrons. The van der Waals surface area contributed by atoms with Crippen molar-refractivity contribution in [2.45, 2.75) is 50.7 Å². The minimum atomic E-state index is -0.646. The molecule has 5 rings (SSSR count). The number of allylic oxidation sites excluding steroid dienone is 4. The van der Waals surface area contributed by atoms with E-state index in [0.29, 0.717) is 37.2 Å². The van der Waals surface area contributed by atoms with Crippen LogP contribution in [0.25, 0.3) is 0 Å². The van der Waals surface area contributed by atoms with Gasteiger partial charge >= 0.3 is 0 Å². The van der Waals surface area contributed by atoms with Gasteiger partial charge in [0, 0.05) is 31.0 Å². The van der Waals surface area contributed by atoms with Crippen LogP contribution in [0.3, 0.4) is 0 Å². The molecule has 9 heteroatoms. The van der Waals surface area contributed by atoms with Gasteiger partial charge in [0.1, 0.15) is 18.2 Å². The Balaban J connectivity index is 1.20. The third-order valence-electron chi connectivity index (χ3n) is 5.53. The first kappa shape index (κ1) is 17.8. The molecule has 0 aromatic carbocycles. The van der Waals surface area contributed by atoms with E-state index < -0.39 is 11.9 Å². The molecule has 150 valence electrons. The standard InChI is InChI=1S/C20H23N7O2/c28-19-15(8-9-27-17(23-19)10-16(24-27)14-6-7-14)22-20(29)18-21-12-26(25-18)11-13-4-2-1-3-5-13/h1-4,10,12-15H,5-9,11H2,(H,22,29)(H,23,28)/t13?,15-/m1/s1. The summed E-state index contributed by atoms with van der Waals surface area (Å²) in [6, 6.07) is 1.30. The Morgan fingerprint density at radius 2 is 2.14 bits per heavy atom. The zero-order valence-corrected chi connectivity index (χ0v) is 16.0. The molecule has 1 aliphatic heterocycles. The van der Waals surface area contributed by atoms with E-state index >= 15 is 0 Å². The summed E-state index contributed by atoms with van der Waals surface area (Å²) in [5.74, 6) is 0.965. The zero-order chi connectivity index (χ0) is 19.8. The SMILES string of the molecule is O=C(N[C@@H]1CCn2nc(C3CC3)cc2NC1=O)c1ncn(CC2C=CC=CC2)n1. The second kappa shape index (κ2) is 7.31. The minimum Gasteiger partial charge on any atom is -0.337 e. The van der Waals surface area contributed by atoms with Gasteiger partial charge in [-0.1, -0.05) is 24.3 Å². The third kappa shape index (κ3) is 3.85. The molecule has 0 bridgehead atoms. The van der Waals surface area contributed by atoms with E-state index in [1.165, 1.54) is 0 Å². The average Bonchev–Trinajstić information content (AvgIpc) is 3.38. The highest BCUT2D eigenvalue weighted by atomic mass is 16.2. The first-order valence-corrected chi connectivity index (χ1v) is 10.1. The van der Waals surface area contributed by atoms with Crippen LogP contribution in [0, 0.1) is 5.92 Å². The molecule has 29 heavy (non-hydrogen) atoms. The number of nitrogens with one attached hydrogen (secondary N) is 2. The minimum absolute atomic E-state index is 0.0751. The molecular weight excluding hydrogens is 370 g/mol. The highest BCUT2D eigenvalue weighted by molar-refractivity contribution is 5.99. The predicted octanol–water partition coefficient (Wildman–Crippen LogP) is 1.63. The Kier molecular flexibility index (Phi) is 4.49. The van der Waals surface area contributed by atoms with E-state index in [2.05, 4.69) is 38.0 Å². The lowest BCUT2D eigenvalue weighted by atomic mass is 10.0. The number of rotatable bonds is 5. The molecule has 2 aliphatic carbocycles. The molecule has 1 saturated carbocycles. The van der Waals surface area contributed by atoms with Gasteiger partial charge in [-0.15, -0.1) is 5.10 Å². The maximum absolute atomic E-state index is 12.6. The van der Waals surface area contributed by atoms with Gasteiger partial charge in [-0.3, -0.25) is 14.3 Å². The summed E-state index contributed by atoms with van der Waals surface area (Å²) >= 11 is 0. The van der Waals surface area contributed by atoms with Crippen LogP contribution in [0.5, 0.6) is 0 Å². The number of hydrogen-bond acceptors (Lipinski definition) is 5. The third-order valence-corrected chi connectivity index (χ3v) is 5.53. The Labute approximate surface area is 167 Å². The Morgan fingerprint density at radius 1 is 1.24 bits per heavy atom. The quantitative estimate of drug-likeness (QED) is 0.803. The van der Waals surface area contributed by atoms with Crippen LogP contribution in [0.4, 0.5) is 5.82 Å². The second-order valence-electron chi connectivity index (χ2n) is 7.85. The Hall–Kier alpha value is -3.23. The van der Waals surface area contributed by atoms with Crippen molar-refractivity contribution in [1.82, 2.24) is 29.9 Å². The van der Waals surface area contributed by atoms with Crippen molar-refractivity contribution < 1.29 is 9.59 Å². The van der Waals surface area contributed by atoms with E-state index in [4.69, 9.17) is 0 Å². The number of fused-ring (bicyclic) bond motifs is 1. The number of carbonyl (C=O) groups is 2. The summed E-state index contributed by atoms with van der Waals surface area (Å²) in [5, 5.41) is 14.5. The molecule has 2 amide bonds. The Bertz CT molecular complexity index is 998. The van der Waals surface area contributed by atoms with Gasteiger partial charge in [-0.2, -0.15) is 5.10 Å². The summed E-state index contributed by atoms with van der Waals surface area (Å²) < 4.78 is 3.49. The lowest BCUT2D eigenvalue weighted by Gasteiger charge is -2.14. The van der Waals surface area contributed by atoms with E-state index in [1.54, 1.807) is 11.0 Å². The maximum Gasteiger partial charge on any atom is 0.291 e. The molecule has 2 atom stereocenters. The number of carbonyl (C=O) groups excluding carboxylic acids is 2. The predicted molar refractivity (Wildman–Crippen MR) is 105 cm³/mol. The number of hydrogen-bond donors (Lipinski definition) is 2. The number of nitrogens with zero attached hydrogens (tertiary/aromatic N) is 5. The van der Waals surface area contributed by atoms with Crippen LogP contribution >= 0.6 is 0 Å². The molecule has 3 aliphatic rings. The summed E-state index contributed by atoms with van der Waals surface area (Å²) in [7, 11) is 0. The monoisotopic (exact) mass is 393 g/mol. The van der Waals surface area contributed by atoms with Gasteiger partial charge in [-0.25, -0.2) is 9.67 Å². The maximum atomic E-state index is 12.6. The lowest BCUT2D eigenvalue weighted by molar-refractivity contribution is -0.118. The number of anilines is 1. The normalized spacial score (nSPS) is 23.4. The van der Waals surface area contributed by atoms with E-state index in [1.807, 2.05) is 22.9 Å². The fraction of sp³-hybridized carbons (Fsp3) is 0.450. The van der Waals surface area contributed by atoms with Gasteiger partial charge < -0.3 is 10.6 Å². The molecule has 0 saturated heterocycles. The molecule has 9 nitrogen and oxygen atoms in total. The smallest absolute Gasteiger partial charge is 0.291 e. The number of amides is 2. The van der Waals surface area contributed by atoms with Gasteiger partial charge in [-0.05, 0) is 25.7 Å². The molecule has 2 N–H and O–H groups in total. The van der Waals surface area contributed by atoms with Crippen molar-refractivity contribution in [1.29, 1.82) is 0 Å². The number of aryl methyl sites for hydroxylation is 1. The molecule has 3 heterocycles. The van der Waals surface area contributed by atoms with E-state index in [-0.39, 0.29) is 11.7 Å². The summed E-state index contributed by atoms with van der Waals surface area (Å²) in [4.78, 5) is 29.3. The first-order chi connectivity index (χ1) is 14.2. The summed E-state index contributed by atoms with van der Waals surface area (Å²) in [6.07, 6.45) is 13.6. The highest BCUT2D eigenvalue weighted by Crippen LogP contribution is 2.40. The zero-order valence-electron chi connectivity index (χ0n) is 16.0. The topological polar surface area (TPSA) is 107 Å². The van der Waals surface area contributed by atoms with Crippen molar-refractivity contribution >= 4 is 17.6 Å². The second-order valence-corrected chi connectivity index (χ2v) is 7.85. The van der Waals surface area contributed by atoms with Crippen LogP contribution < -0.4 is 10.6 Å². The van der Waals surface area contributed by atoms with Gasteiger partial charge in [0.25, 0.3) is 5.91 Å². The van der Waals surface area contributed by atoms with Crippen LogP contribution in [-0.4, -0.2) is 42.4 Å². The average molecular weight is 393 g/mol. The Morgan fingerprint density at radius 3 is 2.93 bits per heavy atom. The van der Waals surface area contributed by atoms with Crippen molar-refractivity contribution in [2.24, 2.45) is 5.92 Å². The van der Waals surface area contributed by atoms with Crippen LogP contribution in [0.1, 0.15) is 47.9 Å². The first-order valence-electron chi connectivity index (χ1n) is 10.1. The molecule has 2 aromatic rings. The van der Waals surface area contributed by atoms with Crippen molar-refractivity contribution in [2.75, 3.05) is 5.32 Å². The fourth-order valence-corrected chi connectivity index (χ4v) is 3.74. The lowest BCUT2D eigenvalue weighted by Crippen LogP contribution is -2.43. The van der Waals surface area contributed by atoms with Gasteiger partial charge in [0.05, 0.1) is 5.69 Å². The van der Waals surface area contributed by atoms with Crippen molar-refractivity contribution in [3.05, 3.63) is 48.2 Å². The summed E-state index contributed by atoms with van der Waals surface area (Å²) in [5.41, 5.74) is 1.04. The van der Waals surface area contributed by atoms with E-state index in [9.17, 15) is 9.59 Å². The number of aromatic nitrogens is 5. The fourth-order valence-electron chi connectivity index (χ4n) is 3.74. The van der Waals surface area contributed by atoms with Crippen LogP contribution in [0.2, 0.25) is 0 Å². The van der Waals surface area contributed by atoms with Crippen LogP contribution in [0.15, 0.2) is 36.7 Å². The molecule has 1 unspecified atom stereocenters. The van der Waals surface area contributed by atoms with Gasteiger partial charge in [0.2, 0.25) is 11.7 Å². The highest BCUT2D eigenvalue weighted by Gasteiger charge is 2.31.